The number of para-hydroxylation sites is 1. The fourth-order valence-electron chi connectivity index (χ4n) is 1.09. The summed E-state index contributed by atoms with van der Waals surface area (Å²) in [5, 5.41) is -0.532. The van der Waals surface area contributed by atoms with Crippen LogP contribution in [0.1, 0.15) is 10.8 Å². The molecule has 3 nitrogen and oxygen atoms in total. The van der Waals surface area contributed by atoms with Gasteiger partial charge in [-0.05, 0) is 6.07 Å². The van der Waals surface area contributed by atoms with Crippen molar-refractivity contribution in [3.8, 4) is 5.75 Å². The van der Waals surface area contributed by atoms with Gasteiger partial charge in [-0.25, -0.2) is 0 Å². The fraction of sp³-hybridized carbons (Fsp3) is 0.125. The molecule has 0 bridgehead atoms. The number of hydrogen-bond donors (Lipinski definition) is 1. The van der Waals surface area contributed by atoms with Crippen LogP contribution in [0.3, 0.4) is 0 Å². The van der Waals surface area contributed by atoms with Gasteiger partial charge in [0, 0.05) is 5.56 Å². The molecule has 1 N–H and O–H groups in total. The van der Waals surface area contributed by atoms with E-state index in [4.69, 9.17) is 17.5 Å². The molecule has 1 aromatic rings. The zero-order valence-corrected chi connectivity index (χ0v) is 6.93. The standard InChI is InChI=1S/C8H6NO2S/c10-8-7(12)5-3-1-2-4-6(5)11-9-8/h1-4,7H,(H,9,10). The van der Waals surface area contributed by atoms with E-state index >= 15 is 0 Å². The molecule has 1 atom stereocenters. The van der Waals surface area contributed by atoms with Crippen LogP contribution in [0, 0.1) is 0 Å². The third-order valence-electron chi connectivity index (χ3n) is 1.70. The lowest BCUT2D eigenvalue weighted by Gasteiger charge is -2.20. The van der Waals surface area contributed by atoms with Crippen LogP contribution in [-0.4, -0.2) is 5.91 Å². The summed E-state index contributed by atoms with van der Waals surface area (Å²) in [5.41, 5.74) is 3.01. The molecule has 0 aliphatic carbocycles. The number of carbonyl (C=O) groups is 1. The van der Waals surface area contributed by atoms with Crippen LogP contribution < -0.4 is 10.3 Å². The second-order valence-electron chi connectivity index (χ2n) is 2.49. The highest BCUT2D eigenvalue weighted by atomic mass is 32.1. The maximum atomic E-state index is 11.0. The van der Waals surface area contributed by atoms with Gasteiger partial charge in [0.2, 0.25) is 0 Å². The lowest BCUT2D eigenvalue weighted by atomic mass is 10.1. The van der Waals surface area contributed by atoms with E-state index in [1.54, 1.807) is 12.1 Å². The minimum absolute atomic E-state index is 0.274. The van der Waals surface area contributed by atoms with Gasteiger partial charge < -0.3 is 4.84 Å². The van der Waals surface area contributed by atoms with Crippen molar-refractivity contribution in [1.82, 2.24) is 5.48 Å². The Labute approximate surface area is 75.1 Å². The number of fused-ring (bicyclic) bond motifs is 1. The maximum absolute atomic E-state index is 11.0. The zero-order chi connectivity index (χ0) is 8.55. The van der Waals surface area contributed by atoms with E-state index in [9.17, 15) is 4.79 Å². The predicted molar refractivity (Wildman–Crippen MR) is 45.5 cm³/mol. The second-order valence-corrected chi connectivity index (χ2v) is 2.96. The van der Waals surface area contributed by atoms with E-state index in [-0.39, 0.29) is 5.91 Å². The Hall–Kier alpha value is -1.16. The molecule has 0 saturated carbocycles. The molecular weight excluding hydrogens is 174 g/mol. The lowest BCUT2D eigenvalue weighted by Crippen LogP contribution is -2.34. The second kappa shape index (κ2) is 2.71. The Kier molecular flexibility index (Phi) is 1.69. The van der Waals surface area contributed by atoms with Crippen molar-refractivity contribution in [3.05, 3.63) is 29.8 Å². The van der Waals surface area contributed by atoms with Gasteiger partial charge in [-0.15, -0.1) is 0 Å². The van der Waals surface area contributed by atoms with E-state index < -0.39 is 5.25 Å². The minimum Gasteiger partial charge on any atom is -0.379 e. The van der Waals surface area contributed by atoms with Gasteiger partial charge in [-0.2, -0.15) is 5.48 Å². The summed E-state index contributed by atoms with van der Waals surface area (Å²) < 4.78 is 0. The van der Waals surface area contributed by atoms with Gasteiger partial charge in [0.1, 0.15) is 5.25 Å². The van der Waals surface area contributed by atoms with Gasteiger partial charge in [0.25, 0.3) is 5.91 Å². The van der Waals surface area contributed by atoms with Crippen molar-refractivity contribution < 1.29 is 9.63 Å². The quantitative estimate of drug-likeness (QED) is 0.654. The number of nitrogens with one attached hydrogen (secondary N) is 1. The molecular formula is C8H6NO2S. The molecule has 2 rings (SSSR count). The average molecular weight is 180 g/mol. The molecule has 4 heteroatoms. The molecule has 61 valence electrons. The minimum atomic E-state index is -0.532. The largest absolute Gasteiger partial charge is 0.379 e. The zero-order valence-electron chi connectivity index (χ0n) is 6.11. The number of hydroxylamine groups is 1. The van der Waals surface area contributed by atoms with Crippen LogP contribution >= 0.6 is 12.6 Å². The van der Waals surface area contributed by atoms with Crippen molar-refractivity contribution >= 4 is 18.5 Å². The van der Waals surface area contributed by atoms with Crippen molar-refractivity contribution in [2.24, 2.45) is 0 Å². The fourth-order valence-corrected chi connectivity index (χ4v) is 1.33. The Morgan fingerprint density at radius 3 is 3.00 bits per heavy atom. The van der Waals surface area contributed by atoms with Crippen LogP contribution in [-0.2, 0) is 4.79 Å². The normalized spacial score (nSPS) is 20.8. The van der Waals surface area contributed by atoms with Gasteiger partial charge >= 0.3 is 0 Å². The van der Waals surface area contributed by atoms with E-state index in [2.05, 4.69) is 5.48 Å². The molecule has 12 heavy (non-hydrogen) atoms. The number of rotatable bonds is 0. The number of carbonyl (C=O) groups excluding carboxylic acids is 1. The molecule has 0 spiro atoms. The Balaban J connectivity index is 2.48. The molecule has 1 unspecified atom stereocenters. The molecule has 1 aliphatic heterocycles. The first-order chi connectivity index (χ1) is 5.79. The molecule has 1 aromatic carbocycles. The SMILES string of the molecule is O=C1NOc2ccccc2C1[S]. The van der Waals surface area contributed by atoms with Crippen molar-refractivity contribution in [1.29, 1.82) is 0 Å². The van der Waals surface area contributed by atoms with E-state index in [1.165, 1.54) is 0 Å². The lowest BCUT2D eigenvalue weighted by molar-refractivity contribution is -0.128. The first-order valence-electron chi connectivity index (χ1n) is 3.50. The summed E-state index contributed by atoms with van der Waals surface area (Å²) in [6, 6.07) is 7.23. The smallest absolute Gasteiger partial charge is 0.271 e. The molecule has 1 amide bonds. The summed E-state index contributed by atoms with van der Waals surface area (Å²) in [4.78, 5) is 16.0. The van der Waals surface area contributed by atoms with Gasteiger partial charge in [-0.1, -0.05) is 30.8 Å². The maximum Gasteiger partial charge on any atom is 0.271 e. The van der Waals surface area contributed by atoms with Gasteiger partial charge in [0.15, 0.2) is 5.75 Å². The molecule has 1 radical (unpaired) electrons. The first-order valence-corrected chi connectivity index (χ1v) is 3.97. The Bertz CT molecular complexity index is 327. The summed E-state index contributed by atoms with van der Waals surface area (Å²) in [6.45, 7) is 0. The number of benzene rings is 1. The predicted octanol–water partition coefficient (Wildman–Crippen LogP) is 1.35. The molecule has 1 heterocycles. The molecule has 0 aromatic heterocycles. The number of amides is 1. The van der Waals surface area contributed by atoms with Crippen molar-refractivity contribution in [2.75, 3.05) is 0 Å². The van der Waals surface area contributed by atoms with Crippen LogP contribution in [0.25, 0.3) is 0 Å². The summed E-state index contributed by atoms with van der Waals surface area (Å²) in [6.07, 6.45) is 0. The topological polar surface area (TPSA) is 38.3 Å². The highest BCUT2D eigenvalue weighted by Crippen LogP contribution is 2.31. The van der Waals surface area contributed by atoms with Gasteiger partial charge in [0.05, 0.1) is 0 Å². The average Bonchev–Trinajstić information content (AvgIpc) is 2.12. The summed E-state index contributed by atoms with van der Waals surface area (Å²) >= 11 is 4.97. The van der Waals surface area contributed by atoms with Crippen LogP contribution in [0.4, 0.5) is 0 Å². The van der Waals surface area contributed by atoms with Gasteiger partial charge in [-0.3, -0.25) is 4.79 Å². The summed E-state index contributed by atoms with van der Waals surface area (Å²) in [5.74, 6) is 0.362. The third-order valence-corrected chi connectivity index (χ3v) is 2.17. The van der Waals surface area contributed by atoms with Crippen molar-refractivity contribution in [2.45, 2.75) is 5.25 Å². The highest BCUT2D eigenvalue weighted by Gasteiger charge is 2.25. The third kappa shape index (κ3) is 1.04. The Morgan fingerprint density at radius 1 is 1.42 bits per heavy atom. The number of hydrogen-bond acceptors (Lipinski definition) is 2. The van der Waals surface area contributed by atoms with E-state index in [0.29, 0.717) is 5.75 Å². The monoisotopic (exact) mass is 180 g/mol. The van der Waals surface area contributed by atoms with Crippen LogP contribution in [0.5, 0.6) is 5.75 Å². The molecule has 0 saturated heterocycles. The highest BCUT2D eigenvalue weighted by molar-refractivity contribution is 7.81. The first kappa shape index (κ1) is 7.49. The van der Waals surface area contributed by atoms with Crippen molar-refractivity contribution in [3.63, 3.8) is 0 Å². The van der Waals surface area contributed by atoms with E-state index in [0.717, 1.165) is 5.56 Å². The van der Waals surface area contributed by atoms with Crippen LogP contribution in [0.15, 0.2) is 24.3 Å². The summed E-state index contributed by atoms with van der Waals surface area (Å²) in [7, 11) is 0. The molecule has 0 fully saturated rings. The Morgan fingerprint density at radius 2 is 2.17 bits per heavy atom. The van der Waals surface area contributed by atoms with E-state index in [1.807, 2.05) is 12.1 Å². The van der Waals surface area contributed by atoms with Crippen LogP contribution in [0.2, 0.25) is 0 Å². The molecule has 1 aliphatic rings.